The average molecular weight is 146 g/mol. The monoisotopic (exact) mass is 146 g/mol. The Morgan fingerprint density at radius 3 is 1.78 bits per heavy atom. The second-order valence-electron chi connectivity index (χ2n) is 3.21. The van der Waals surface area contributed by atoms with E-state index in [0.717, 1.165) is 17.5 Å². The molecule has 0 saturated carbocycles. The van der Waals surface area contributed by atoms with Gasteiger partial charge in [-0.1, -0.05) is 34.1 Å². The molecule has 0 aromatic carbocycles. The van der Waals surface area contributed by atoms with Crippen molar-refractivity contribution in [1.82, 2.24) is 0 Å². The Balaban J connectivity index is 3.58. The van der Waals surface area contributed by atoms with Crippen LogP contribution in [0.2, 0.25) is 0 Å². The van der Waals surface area contributed by atoms with Gasteiger partial charge in [-0.25, -0.2) is 0 Å². The van der Waals surface area contributed by atoms with Crippen molar-refractivity contribution in [3.05, 3.63) is 0 Å². The largest absolute Gasteiger partial charge is 0.134 e. The van der Waals surface area contributed by atoms with E-state index >= 15 is 0 Å². The van der Waals surface area contributed by atoms with Gasteiger partial charge in [-0.05, 0) is 17.5 Å². The maximum Gasteiger partial charge on any atom is -0.0215 e. The maximum absolute atomic E-state index is 2.93. The molecule has 0 saturated heterocycles. The average Bonchev–Trinajstić information content (AvgIpc) is 1.84. The van der Waals surface area contributed by atoms with Crippen molar-refractivity contribution in [2.75, 3.05) is 0 Å². The van der Waals surface area contributed by atoms with E-state index in [1.807, 2.05) is 0 Å². The predicted molar refractivity (Wildman–Crippen MR) is 47.8 cm³/mol. The Hall–Kier alpha value is 0.430. The lowest BCUT2D eigenvalue weighted by molar-refractivity contribution is 0.445. The lowest BCUT2D eigenvalue weighted by atomic mass is 9.96. The van der Waals surface area contributed by atoms with Gasteiger partial charge in [-0.15, -0.1) is 9.24 Å². The van der Waals surface area contributed by atoms with Gasteiger partial charge in [0.2, 0.25) is 0 Å². The molecule has 0 heterocycles. The molecular formula is C8H19P. The number of rotatable bonds is 3. The molecule has 9 heavy (non-hydrogen) atoms. The molecule has 56 valence electrons. The maximum atomic E-state index is 2.93. The summed E-state index contributed by atoms with van der Waals surface area (Å²) in [5.74, 6) is 1.67. The Morgan fingerprint density at radius 2 is 1.67 bits per heavy atom. The van der Waals surface area contributed by atoms with Crippen LogP contribution in [0.4, 0.5) is 0 Å². The van der Waals surface area contributed by atoms with E-state index in [1.165, 1.54) is 6.42 Å². The van der Waals surface area contributed by atoms with Crippen molar-refractivity contribution in [3.63, 3.8) is 0 Å². The van der Waals surface area contributed by atoms with Gasteiger partial charge < -0.3 is 0 Å². The molecular weight excluding hydrogens is 127 g/mol. The first-order valence-corrected chi connectivity index (χ1v) is 4.51. The van der Waals surface area contributed by atoms with E-state index in [2.05, 4.69) is 36.9 Å². The second kappa shape index (κ2) is 4.28. The summed E-state index contributed by atoms with van der Waals surface area (Å²) in [6.45, 7) is 9.13. The zero-order valence-electron chi connectivity index (χ0n) is 7.02. The number of hydrogen-bond donors (Lipinski definition) is 0. The molecule has 0 N–H and O–H groups in total. The molecule has 0 spiro atoms. The van der Waals surface area contributed by atoms with E-state index in [4.69, 9.17) is 0 Å². The van der Waals surface area contributed by atoms with E-state index in [9.17, 15) is 0 Å². The summed E-state index contributed by atoms with van der Waals surface area (Å²) in [4.78, 5) is 0. The van der Waals surface area contributed by atoms with Crippen molar-refractivity contribution in [3.8, 4) is 0 Å². The van der Waals surface area contributed by atoms with Gasteiger partial charge in [-0.3, -0.25) is 0 Å². The minimum Gasteiger partial charge on any atom is -0.134 e. The van der Waals surface area contributed by atoms with Crippen LogP contribution in [-0.4, -0.2) is 5.66 Å². The van der Waals surface area contributed by atoms with Crippen LogP contribution >= 0.6 is 9.24 Å². The summed E-state index contributed by atoms with van der Waals surface area (Å²) in [5, 5.41) is 0. The molecule has 1 heteroatoms. The highest BCUT2D eigenvalue weighted by molar-refractivity contribution is 7.17. The Morgan fingerprint density at radius 1 is 1.22 bits per heavy atom. The summed E-state index contributed by atoms with van der Waals surface area (Å²) in [5.41, 5.74) is 0.801. The topological polar surface area (TPSA) is 0 Å². The lowest BCUT2D eigenvalue weighted by Crippen LogP contribution is -2.16. The third-order valence-corrected chi connectivity index (χ3v) is 3.50. The predicted octanol–water partition coefficient (Wildman–Crippen LogP) is 2.93. The zero-order chi connectivity index (χ0) is 7.44. The fraction of sp³-hybridized carbons (Fsp3) is 1.00. The van der Waals surface area contributed by atoms with Crippen molar-refractivity contribution in [2.45, 2.75) is 39.8 Å². The minimum absolute atomic E-state index is 0.801. The molecule has 0 aromatic rings. The molecule has 0 radical (unpaired) electrons. The van der Waals surface area contributed by atoms with Gasteiger partial charge in [-0.2, -0.15) is 0 Å². The molecule has 0 aliphatic rings. The molecule has 3 atom stereocenters. The smallest absolute Gasteiger partial charge is 0.0215 e. The highest BCUT2D eigenvalue weighted by Crippen LogP contribution is 2.23. The summed E-state index contributed by atoms with van der Waals surface area (Å²) in [6.07, 6.45) is 1.30. The third-order valence-electron chi connectivity index (χ3n) is 2.07. The summed E-state index contributed by atoms with van der Waals surface area (Å²) in [6, 6.07) is 0. The van der Waals surface area contributed by atoms with E-state index in [1.54, 1.807) is 0 Å². The van der Waals surface area contributed by atoms with Crippen molar-refractivity contribution in [1.29, 1.82) is 0 Å². The standard InChI is InChI=1S/C8H19P/c1-5-7(4)8(9)6(2)3/h6-8H,5,9H2,1-4H3. The van der Waals surface area contributed by atoms with Crippen LogP contribution in [0, 0.1) is 11.8 Å². The second-order valence-corrected chi connectivity index (χ2v) is 3.98. The molecule has 0 amide bonds. The van der Waals surface area contributed by atoms with Crippen LogP contribution < -0.4 is 0 Å². The normalized spacial score (nSPS) is 18.0. The van der Waals surface area contributed by atoms with E-state index < -0.39 is 0 Å². The Bertz CT molecular complexity index is 69.0. The van der Waals surface area contributed by atoms with Crippen molar-refractivity contribution >= 4 is 9.24 Å². The van der Waals surface area contributed by atoms with E-state index in [0.29, 0.717) is 0 Å². The van der Waals surface area contributed by atoms with Gasteiger partial charge >= 0.3 is 0 Å². The number of hydrogen-bond acceptors (Lipinski definition) is 0. The molecule has 0 aromatic heterocycles. The summed E-state index contributed by atoms with van der Waals surface area (Å²) < 4.78 is 0. The first kappa shape index (κ1) is 9.43. The Kier molecular flexibility index (Phi) is 4.48. The van der Waals surface area contributed by atoms with Crippen LogP contribution in [0.1, 0.15) is 34.1 Å². The van der Waals surface area contributed by atoms with Crippen molar-refractivity contribution < 1.29 is 0 Å². The highest BCUT2D eigenvalue weighted by atomic mass is 31.0. The van der Waals surface area contributed by atoms with Crippen LogP contribution in [-0.2, 0) is 0 Å². The van der Waals surface area contributed by atoms with Gasteiger partial charge in [0.05, 0.1) is 0 Å². The SMILES string of the molecule is CCC(C)C(P)C(C)C. The van der Waals surface area contributed by atoms with Gasteiger partial charge in [0.15, 0.2) is 0 Å². The van der Waals surface area contributed by atoms with Crippen LogP contribution in [0.5, 0.6) is 0 Å². The highest BCUT2D eigenvalue weighted by Gasteiger charge is 2.12. The first-order chi connectivity index (χ1) is 4.09. The molecule has 0 fully saturated rings. The zero-order valence-corrected chi connectivity index (χ0v) is 8.17. The molecule has 0 rings (SSSR count). The van der Waals surface area contributed by atoms with Crippen molar-refractivity contribution in [2.24, 2.45) is 11.8 Å². The molecule has 3 unspecified atom stereocenters. The fourth-order valence-corrected chi connectivity index (χ4v) is 1.20. The fourth-order valence-electron chi connectivity index (χ4n) is 0.929. The van der Waals surface area contributed by atoms with Crippen LogP contribution in [0.15, 0.2) is 0 Å². The van der Waals surface area contributed by atoms with Gasteiger partial charge in [0.1, 0.15) is 0 Å². The first-order valence-electron chi connectivity index (χ1n) is 3.85. The van der Waals surface area contributed by atoms with Crippen LogP contribution in [0.25, 0.3) is 0 Å². The minimum atomic E-state index is 0.801. The molecule has 0 aliphatic carbocycles. The lowest BCUT2D eigenvalue weighted by Gasteiger charge is -2.21. The summed E-state index contributed by atoms with van der Waals surface area (Å²) >= 11 is 0. The molecule has 0 bridgehead atoms. The summed E-state index contributed by atoms with van der Waals surface area (Å²) in [7, 11) is 2.93. The quantitative estimate of drug-likeness (QED) is 0.537. The molecule has 0 aliphatic heterocycles. The van der Waals surface area contributed by atoms with Crippen LogP contribution in [0.3, 0.4) is 0 Å². The van der Waals surface area contributed by atoms with Gasteiger partial charge in [0, 0.05) is 0 Å². The van der Waals surface area contributed by atoms with E-state index in [-0.39, 0.29) is 0 Å². The molecule has 0 nitrogen and oxygen atoms in total. The third kappa shape index (κ3) is 3.20. The van der Waals surface area contributed by atoms with Gasteiger partial charge in [0.25, 0.3) is 0 Å². The Labute approximate surface area is 61.6 Å².